The van der Waals surface area contributed by atoms with E-state index in [0.29, 0.717) is 44.9 Å². The van der Waals surface area contributed by atoms with Crippen molar-refractivity contribution in [2.45, 2.75) is 38.5 Å². The molecule has 0 spiro atoms. The summed E-state index contributed by atoms with van der Waals surface area (Å²) in [5.41, 5.74) is 3.33. The van der Waals surface area contributed by atoms with Gasteiger partial charge in [0.05, 0.1) is 5.92 Å². The van der Waals surface area contributed by atoms with Crippen molar-refractivity contribution >= 4 is 11.8 Å². The third-order valence-corrected chi connectivity index (χ3v) is 6.80. The third-order valence-electron chi connectivity index (χ3n) is 6.80. The van der Waals surface area contributed by atoms with Crippen LogP contribution in [0.4, 0.5) is 0 Å². The molecule has 2 fully saturated rings. The lowest BCUT2D eigenvalue weighted by Gasteiger charge is -2.25. The van der Waals surface area contributed by atoms with E-state index in [2.05, 4.69) is 29.8 Å². The van der Waals surface area contributed by atoms with Gasteiger partial charge >= 0.3 is 0 Å². The highest BCUT2D eigenvalue weighted by molar-refractivity contribution is 5.82. The summed E-state index contributed by atoms with van der Waals surface area (Å²) in [6.45, 7) is 6.03. The molecular formula is C27H33N3O2. The second kappa shape index (κ2) is 10.6. The van der Waals surface area contributed by atoms with E-state index in [4.69, 9.17) is 0 Å². The van der Waals surface area contributed by atoms with Crippen LogP contribution in [0, 0.1) is 11.8 Å². The Morgan fingerprint density at radius 1 is 1.09 bits per heavy atom. The van der Waals surface area contributed by atoms with E-state index in [9.17, 15) is 9.59 Å². The van der Waals surface area contributed by atoms with Gasteiger partial charge < -0.3 is 9.80 Å². The molecule has 1 aromatic heterocycles. The summed E-state index contributed by atoms with van der Waals surface area (Å²) in [5.74, 6) is 0.606. The molecule has 0 radical (unpaired) electrons. The van der Waals surface area contributed by atoms with Gasteiger partial charge in [-0.1, -0.05) is 43.2 Å². The topological polar surface area (TPSA) is 53.5 Å². The number of hydrogen-bond acceptors (Lipinski definition) is 3. The van der Waals surface area contributed by atoms with Gasteiger partial charge in [-0.2, -0.15) is 0 Å². The monoisotopic (exact) mass is 431 g/mol. The van der Waals surface area contributed by atoms with Gasteiger partial charge in [-0.15, -0.1) is 6.58 Å². The molecule has 0 bridgehead atoms. The van der Waals surface area contributed by atoms with Crippen molar-refractivity contribution in [2.24, 2.45) is 11.8 Å². The Kier molecular flexibility index (Phi) is 7.35. The third kappa shape index (κ3) is 5.45. The van der Waals surface area contributed by atoms with Gasteiger partial charge in [0.2, 0.25) is 11.8 Å². The smallest absolute Gasteiger partial charge is 0.228 e. The molecule has 5 heteroatoms. The fraction of sp³-hybridized carbons (Fsp3) is 0.444. The zero-order valence-corrected chi connectivity index (χ0v) is 18.8. The maximum Gasteiger partial charge on any atom is 0.228 e. The van der Waals surface area contributed by atoms with E-state index < -0.39 is 0 Å². The second-order valence-electron chi connectivity index (χ2n) is 9.10. The van der Waals surface area contributed by atoms with Gasteiger partial charge in [-0.05, 0) is 54.0 Å². The quantitative estimate of drug-likeness (QED) is 0.613. The van der Waals surface area contributed by atoms with Gasteiger partial charge in [-0.3, -0.25) is 14.6 Å². The van der Waals surface area contributed by atoms with E-state index in [1.54, 1.807) is 18.5 Å². The molecule has 2 aliphatic rings. The number of nitrogens with zero attached hydrogens (tertiary/aromatic N) is 3. The number of carbonyl (C=O) groups excluding carboxylic acids is 2. The Bertz CT molecular complexity index is 937. The first-order chi connectivity index (χ1) is 15.6. The van der Waals surface area contributed by atoms with E-state index in [-0.39, 0.29) is 17.7 Å². The average molecular weight is 432 g/mol. The summed E-state index contributed by atoms with van der Waals surface area (Å²) in [5, 5.41) is 0. The number of rotatable bonds is 7. The molecule has 32 heavy (non-hydrogen) atoms. The Morgan fingerprint density at radius 3 is 2.62 bits per heavy atom. The number of amides is 2. The van der Waals surface area contributed by atoms with Crippen LogP contribution in [0.5, 0.6) is 0 Å². The van der Waals surface area contributed by atoms with Crippen LogP contribution in [0.15, 0.2) is 61.4 Å². The van der Waals surface area contributed by atoms with Crippen molar-refractivity contribution in [1.82, 2.24) is 14.8 Å². The molecule has 1 atom stereocenters. The number of benzene rings is 1. The molecule has 2 heterocycles. The maximum absolute atomic E-state index is 13.3. The van der Waals surface area contributed by atoms with Crippen molar-refractivity contribution in [1.29, 1.82) is 0 Å². The van der Waals surface area contributed by atoms with Gasteiger partial charge in [-0.25, -0.2) is 0 Å². The fourth-order valence-corrected chi connectivity index (χ4v) is 5.06. The van der Waals surface area contributed by atoms with Crippen LogP contribution in [0.2, 0.25) is 0 Å². The van der Waals surface area contributed by atoms with Crippen molar-refractivity contribution in [3.63, 3.8) is 0 Å². The number of carbonyl (C=O) groups is 2. The second-order valence-corrected chi connectivity index (χ2v) is 9.10. The van der Waals surface area contributed by atoms with Crippen LogP contribution < -0.4 is 0 Å². The molecule has 1 aliphatic carbocycles. The Hall–Kier alpha value is -2.95. The summed E-state index contributed by atoms with van der Waals surface area (Å²) >= 11 is 0. The van der Waals surface area contributed by atoms with Crippen molar-refractivity contribution in [2.75, 3.05) is 26.2 Å². The summed E-state index contributed by atoms with van der Waals surface area (Å²) in [4.78, 5) is 34.3. The van der Waals surface area contributed by atoms with Crippen LogP contribution in [-0.4, -0.2) is 52.8 Å². The number of hydrogen-bond donors (Lipinski definition) is 0. The first kappa shape index (κ1) is 22.3. The molecule has 1 aliphatic heterocycles. The van der Waals surface area contributed by atoms with E-state index in [1.807, 2.05) is 28.0 Å². The highest BCUT2D eigenvalue weighted by Gasteiger charge is 2.32. The van der Waals surface area contributed by atoms with Crippen LogP contribution in [0.1, 0.15) is 37.7 Å². The molecule has 1 saturated heterocycles. The summed E-state index contributed by atoms with van der Waals surface area (Å²) in [6, 6.07) is 12.3. The van der Waals surface area contributed by atoms with Crippen LogP contribution in [0.3, 0.4) is 0 Å². The number of pyridine rings is 1. The standard InChI is InChI=1S/C27H33N3O2/c1-2-14-29-15-16-30(26(31)19-21-6-3-4-7-21)20-25(27(29)32)18-22-8-5-9-24(17-22)23-10-12-28-13-11-23/h2,5,8-13,17,21,25H,1,3-4,6-7,14-16,18-20H2. The highest BCUT2D eigenvalue weighted by atomic mass is 16.2. The van der Waals surface area contributed by atoms with Gasteiger partial charge in [0.25, 0.3) is 0 Å². The average Bonchev–Trinajstić information content (AvgIpc) is 3.28. The van der Waals surface area contributed by atoms with E-state index in [0.717, 1.165) is 29.5 Å². The van der Waals surface area contributed by atoms with Crippen LogP contribution in [0.25, 0.3) is 11.1 Å². The van der Waals surface area contributed by atoms with Crippen molar-refractivity contribution in [3.8, 4) is 11.1 Å². The summed E-state index contributed by atoms with van der Waals surface area (Å²) in [7, 11) is 0. The molecule has 5 nitrogen and oxygen atoms in total. The molecule has 1 saturated carbocycles. The zero-order valence-electron chi connectivity index (χ0n) is 18.8. The van der Waals surface area contributed by atoms with E-state index >= 15 is 0 Å². The lowest BCUT2D eigenvalue weighted by atomic mass is 9.94. The van der Waals surface area contributed by atoms with Crippen LogP contribution in [-0.2, 0) is 16.0 Å². The minimum absolute atomic E-state index is 0.121. The predicted molar refractivity (Wildman–Crippen MR) is 127 cm³/mol. The molecule has 1 aromatic carbocycles. The van der Waals surface area contributed by atoms with Gasteiger partial charge in [0.15, 0.2) is 0 Å². The zero-order chi connectivity index (χ0) is 22.3. The molecular weight excluding hydrogens is 398 g/mol. The molecule has 168 valence electrons. The predicted octanol–water partition coefficient (Wildman–Crippen LogP) is 4.34. The number of aromatic nitrogens is 1. The highest BCUT2D eigenvalue weighted by Crippen LogP contribution is 2.29. The first-order valence-electron chi connectivity index (χ1n) is 11.8. The normalized spacial score (nSPS) is 19.8. The fourth-order valence-electron chi connectivity index (χ4n) is 5.06. The minimum atomic E-state index is -0.238. The maximum atomic E-state index is 13.3. The molecule has 2 amide bonds. The molecule has 2 aromatic rings. The van der Waals surface area contributed by atoms with E-state index in [1.165, 1.54) is 12.8 Å². The first-order valence-corrected chi connectivity index (χ1v) is 11.8. The largest absolute Gasteiger partial charge is 0.340 e. The summed E-state index contributed by atoms with van der Waals surface area (Å²) < 4.78 is 0. The van der Waals surface area contributed by atoms with Crippen molar-refractivity contribution < 1.29 is 9.59 Å². The Morgan fingerprint density at radius 2 is 1.88 bits per heavy atom. The Labute approximate surface area is 191 Å². The molecule has 0 N–H and O–H groups in total. The molecule has 1 unspecified atom stereocenters. The van der Waals surface area contributed by atoms with Gasteiger partial charge in [0, 0.05) is 45.0 Å². The minimum Gasteiger partial charge on any atom is -0.340 e. The Balaban J connectivity index is 1.52. The lowest BCUT2D eigenvalue weighted by molar-refractivity contribution is -0.134. The lowest BCUT2D eigenvalue weighted by Crippen LogP contribution is -2.38. The van der Waals surface area contributed by atoms with Crippen LogP contribution >= 0.6 is 0 Å². The van der Waals surface area contributed by atoms with Crippen molar-refractivity contribution in [3.05, 3.63) is 67.0 Å². The summed E-state index contributed by atoms with van der Waals surface area (Å²) in [6.07, 6.45) is 11.4. The molecule has 4 rings (SSSR count). The van der Waals surface area contributed by atoms with Gasteiger partial charge in [0.1, 0.15) is 0 Å². The SMILES string of the molecule is C=CCN1CCN(C(=O)CC2CCCC2)CC(Cc2cccc(-c3ccncc3)c2)C1=O.